The van der Waals surface area contributed by atoms with Crippen molar-refractivity contribution in [3.63, 3.8) is 0 Å². The molecule has 0 spiro atoms. The van der Waals surface area contributed by atoms with Crippen molar-refractivity contribution in [1.29, 1.82) is 0 Å². The Bertz CT molecular complexity index is 825. The van der Waals surface area contributed by atoms with E-state index in [4.69, 9.17) is 15.2 Å². The first-order chi connectivity index (χ1) is 11.0. The molecule has 0 unspecified atom stereocenters. The van der Waals surface area contributed by atoms with E-state index in [1.165, 1.54) is 11.3 Å². The quantitative estimate of drug-likeness (QED) is 0.832. The van der Waals surface area contributed by atoms with Crippen LogP contribution in [0.2, 0.25) is 0 Å². The molecular weight excluding hydrogens is 318 g/mol. The third-order valence-corrected chi connectivity index (χ3v) is 4.75. The van der Waals surface area contributed by atoms with E-state index < -0.39 is 0 Å². The number of thiazole rings is 1. The van der Waals surface area contributed by atoms with E-state index in [-0.39, 0.29) is 24.0 Å². The summed E-state index contributed by atoms with van der Waals surface area (Å²) in [5.41, 5.74) is 7.68. The van der Waals surface area contributed by atoms with Crippen LogP contribution in [0.4, 0.5) is 11.4 Å². The molecule has 122 valence electrons. The highest BCUT2D eigenvalue weighted by Gasteiger charge is 2.17. The Balaban J connectivity index is 1.67. The van der Waals surface area contributed by atoms with E-state index in [9.17, 15) is 9.59 Å². The Morgan fingerprint density at radius 1 is 1.35 bits per heavy atom. The number of carbonyl (C=O) groups excluding carboxylic acids is 1. The molecule has 1 aliphatic heterocycles. The summed E-state index contributed by atoms with van der Waals surface area (Å²) in [6.07, 6.45) is 0.185. The molecule has 0 saturated heterocycles. The van der Waals surface area contributed by atoms with Crippen molar-refractivity contribution in [2.75, 3.05) is 17.8 Å². The van der Waals surface area contributed by atoms with Gasteiger partial charge >= 0.3 is 4.87 Å². The highest BCUT2D eigenvalue weighted by molar-refractivity contribution is 7.09. The topological polar surface area (TPSA) is 95.6 Å². The number of nitrogen functional groups attached to an aromatic ring is 1. The van der Waals surface area contributed by atoms with Gasteiger partial charge in [-0.2, -0.15) is 0 Å². The number of nitrogens with two attached hydrogens (primary N) is 1. The molecule has 1 amide bonds. The molecule has 0 bridgehead atoms. The molecule has 3 rings (SSSR count). The van der Waals surface area contributed by atoms with Gasteiger partial charge in [0.2, 0.25) is 12.7 Å². The Hall–Kier alpha value is -2.48. The van der Waals surface area contributed by atoms with E-state index in [0.717, 1.165) is 10.6 Å². The summed E-state index contributed by atoms with van der Waals surface area (Å²) in [5, 5.41) is 2.74. The molecule has 0 radical (unpaired) electrons. The van der Waals surface area contributed by atoms with Gasteiger partial charge in [-0.3, -0.25) is 9.59 Å². The Morgan fingerprint density at radius 3 is 2.70 bits per heavy atom. The molecule has 1 aromatic carbocycles. The molecule has 1 aliphatic rings. The van der Waals surface area contributed by atoms with Crippen LogP contribution in [0, 0.1) is 13.8 Å². The van der Waals surface area contributed by atoms with Crippen molar-refractivity contribution in [3.8, 4) is 11.5 Å². The van der Waals surface area contributed by atoms with Crippen LogP contribution in [0.1, 0.15) is 17.0 Å². The zero-order valence-corrected chi connectivity index (χ0v) is 13.7. The first-order valence-corrected chi connectivity index (χ1v) is 7.93. The van der Waals surface area contributed by atoms with Crippen molar-refractivity contribution in [2.24, 2.45) is 0 Å². The Morgan fingerprint density at radius 2 is 2.04 bits per heavy atom. The minimum absolute atomic E-state index is 0.0459. The number of rotatable bonds is 4. The number of nitrogens with zero attached hydrogens (tertiary/aromatic N) is 1. The summed E-state index contributed by atoms with van der Waals surface area (Å²) in [6.45, 7) is 4.25. The number of amides is 1. The maximum absolute atomic E-state index is 12.1. The average Bonchev–Trinajstić information content (AvgIpc) is 3.03. The number of aromatic nitrogens is 1. The van der Waals surface area contributed by atoms with Gasteiger partial charge in [0.15, 0.2) is 11.5 Å². The molecule has 0 fully saturated rings. The summed E-state index contributed by atoms with van der Waals surface area (Å²) >= 11 is 1.19. The lowest BCUT2D eigenvalue weighted by Crippen LogP contribution is -2.20. The van der Waals surface area contributed by atoms with E-state index in [1.54, 1.807) is 16.7 Å². The smallest absolute Gasteiger partial charge is 0.307 e. The predicted molar refractivity (Wildman–Crippen MR) is 88.3 cm³/mol. The molecule has 23 heavy (non-hydrogen) atoms. The van der Waals surface area contributed by atoms with E-state index >= 15 is 0 Å². The summed E-state index contributed by atoms with van der Waals surface area (Å²) in [5.74, 6) is 0.900. The van der Waals surface area contributed by atoms with Gasteiger partial charge in [0.1, 0.15) is 0 Å². The largest absolute Gasteiger partial charge is 0.454 e. The number of ether oxygens (including phenoxy) is 2. The lowest BCUT2D eigenvalue weighted by atomic mass is 10.2. The number of aryl methyl sites for hydroxylation is 1. The van der Waals surface area contributed by atoms with Crippen molar-refractivity contribution in [2.45, 2.75) is 26.8 Å². The van der Waals surface area contributed by atoms with Gasteiger partial charge < -0.3 is 25.1 Å². The third-order valence-electron chi connectivity index (χ3n) is 3.76. The fourth-order valence-corrected chi connectivity index (χ4v) is 3.20. The predicted octanol–water partition coefficient (Wildman–Crippen LogP) is 1.87. The molecule has 3 N–H and O–H groups in total. The number of anilines is 2. The molecule has 0 saturated carbocycles. The van der Waals surface area contributed by atoms with Gasteiger partial charge in [-0.1, -0.05) is 11.3 Å². The van der Waals surface area contributed by atoms with Crippen molar-refractivity contribution < 1.29 is 14.3 Å². The fraction of sp³-hybridized carbons (Fsp3) is 0.333. The van der Waals surface area contributed by atoms with Crippen LogP contribution in [-0.4, -0.2) is 17.3 Å². The van der Waals surface area contributed by atoms with E-state index in [0.29, 0.717) is 29.4 Å². The van der Waals surface area contributed by atoms with Gasteiger partial charge in [-0.25, -0.2) is 0 Å². The van der Waals surface area contributed by atoms with Gasteiger partial charge in [0.05, 0.1) is 11.4 Å². The highest BCUT2D eigenvalue weighted by atomic mass is 32.1. The second-order valence-corrected chi connectivity index (χ2v) is 6.42. The zero-order chi connectivity index (χ0) is 16.6. The van der Waals surface area contributed by atoms with Crippen LogP contribution in [0.5, 0.6) is 11.5 Å². The molecular formula is C15H17N3O4S. The second kappa shape index (κ2) is 5.96. The van der Waals surface area contributed by atoms with Crippen molar-refractivity contribution in [3.05, 3.63) is 32.4 Å². The standard InChI is InChI=1S/C15H17N3O4S/c1-8-9(2)23-15(20)18(8)4-3-14(19)17-11-6-13-12(5-10(11)16)21-7-22-13/h5-6H,3-4,7,16H2,1-2H3,(H,17,19). The van der Waals surface area contributed by atoms with Crippen molar-refractivity contribution in [1.82, 2.24) is 4.57 Å². The minimum Gasteiger partial charge on any atom is -0.454 e. The summed E-state index contributed by atoms with van der Waals surface area (Å²) < 4.78 is 12.1. The first kappa shape index (κ1) is 15.4. The SMILES string of the molecule is Cc1sc(=O)n(CCC(=O)Nc2cc3c(cc2N)OCO3)c1C. The number of hydrogen-bond donors (Lipinski definition) is 2. The maximum Gasteiger partial charge on any atom is 0.307 e. The second-order valence-electron chi connectivity index (χ2n) is 5.25. The molecule has 2 aromatic rings. The monoisotopic (exact) mass is 335 g/mol. The first-order valence-electron chi connectivity index (χ1n) is 7.11. The van der Waals surface area contributed by atoms with Crippen LogP contribution in [0.25, 0.3) is 0 Å². The van der Waals surface area contributed by atoms with E-state index in [2.05, 4.69) is 5.32 Å². The summed E-state index contributed by atoms with van der Waals surface area (Å²) in [4.78, 5) is 24.9. The number of carbonyl (C=O) groups is 1. The third kappa shape index (κ3) is 3.02. The number of hydrogen-bond acceptors (Lipinski definition) is 6. The normalized spacial score (nSPS) is 12.4. The van der Waals surface area contributed by atoms with E-state index in [1.807, 2.05) is 13.8 Å². The average molecular weight is 335 g/mol. The van der Waals surface area contributed by atoms with Crippen LogP contribution in [0.3, 0.4) is 0 Å². The van der Waals surface area contributed by atoms with Gasteiger partial charge in [0, 0.05) is 35.7 Å². The highest BCUT2D eigenvalue weighted by Crippen LogP contribution is 2.38. The molecule has 2 heterocycles. The van der Waals surface area contributed by atoms with Crippen LogP contribution >= 0.6 is 11.3 Å². The Kier molecular flexibility index (Phi) is 3.99. The van der Waals surface area contributed by atoms with Crippen LogP contribution < -0.4 is 25.4 Å². The lowest BCUT2D eigenvalue weighted by Gasteiger charge is -2.10. The number of nitrogens with one attached hydrogen (secondary N) is 1. The molecule has 8 heteroatoms. The summed E-state index contributed by atoms with van der Waals surface area (Å²) in [7, 11) is 0. The fourth-order valence-electron chi connectivity index (χ4n) is 2.34. The Labute approximate surface area is 136 Å². The molecule has 7 nitrogen and oxygen atoms in total. The van der Waals surface area contributed by atoms with Crippen molar-refractivity contribution >= 4 is 28.6 Å². The van der Waals surface area contributed by atoms with Gasteiger partial charge in [-0.05, 0) is 13.8 Å². The summed E-state index contributed by atoms with van der Waals surface area (Å²) in [6, 6.07) is 3.26. The number of fused-ring (bicyclic) bond motifs is 1. The van der Waals surface area contributed by atoms with Crippen LogP contribution in [-0.2, 0) is 11.3 Å². The van der Waals surface area contributed by atoms with Gasteiger partial charge in [0.25, 0.3) is 0 Å². The zero-order valence-electron chi connectivity index (χ0n) is 12.8. The number of benzene rings is 1. The molecule has 0 aliphatic carbocycles. The molecule has 0 atom stereocenters. The molecule has 1 aromatic heterocycles. The lowest BCUT2D eigenvalue weighted by molar-refractivity contribution is -0.116. The van der Waals surface area contributed by atoms with Crippen LogP contribution in [0.15, 0.2) is 16.9 Å². The maximum atomic E-state index is 12.1. The minimum atomic E-state index is -0.217. The van der Waals surface area contributed by atoms with Gasteiger partial charge in [-0.15, -0.1) is 0 Å².